The van der Waals surface area contributed by atoms with Gasteiger partial charge in [-0.15, -0.1) is 0 Å². The number of benzene rings is 2. The molecular weight excluding hydrogens is 561 g/mol. The Kier molecular flexibility index (Phi) is 14.8. The molecule has 0 saturated carbocycles. The molecule has 0 aliphatic heterocycles. The number of rotatable bonds is 18. The molecule has 2 aromatic rings. The number of hydrogen-bond acceptors (Lipinski definition) is 6. The predicted molar refractivity (Wildman–Crippen MR) is 162 cm³/mol. The molecule has 0 aromatic heterocycles. The fourth-order valence-corrected chi connectivity index (χ4v) is 5.00. The first-order chi connectivity index (χ1) is 20.3. The number of nitrogens with two attached hydrogens (primary N) is 1. The van der Waals surface area contributed by atoms with Gasteiger partial charge in [-0.2, -0.15) is 13.2 Å². The van der Waals surface area contributed by atoms with Gasteiger partial charge < -0.3 is 30.4 Å². The number of nitrogens with one attached hydrogen (secondary N) is 1. The summed E-state index contributed by atoms with van der Waals surface area (Å²) in [6, 6.07) is 10.0. The largest absolute Gasteiger partial charge is 0.493 e. The summed E-state index contributed by atoms with van der Waals surface area (Å²) in [7, 11) is 3.26. The summed E-state index contributed by atoms with van der Waals surface area (Å²) in [5.74, 6) is 0.947. The minimum atomic E-state index is -4.41. The van der Waals surface area contributed by atoms with Crippen molar-refractivity contribution in [2.24, 2.45) is 29.4 Å². The highest BCUT2D eigenvalue weighted by Gasteiger charge is 2.31. The highest BCUT2D eigenvalue weighted by molar-refractivity contribution is 5.78. The van der Waals surface area contributed by atoms with E-state index in [1.54, 1.807) is 14.2 Å². The molecule has 7 nitrogen and oxygen atoms in total. The zero-order chi connectivity index (χ0) is 32.2. The maximum atomic E-state index is 13.0. The zero-order valence-electron chi connectivity index (χ0n) is 26.2. The van der Waals surface area contributed by atoms with Crippen LogP contribution in [0.5, 0.6) is 11.5 Å². The smallest absolute Gasteiger partial charge is 0.416 e. The van der Waals surface area contributed by atoms with E-state index in [-0.39, 0.29) is 30.7 Å². The monoisotopic (exact) mass is 610 g/mol. The van der Waals surface area contributed by atoms with Gasteiger partial charge >= 0.3 is 6.18 Å². The average Bonchev–Trinajstić information content (AvgIpc) is 2.95. The van der Waals surface area contributed by atoms with Gasteiger partial charge in [0.25, 0.3) is 0 Å². The van der Waals surface area contributed by atoms with Crippen LogP contribution in [0, 0.1) is 23.7 Å². The van der Waals surface area contributed by atoms with Crippen LogP contribution < -0.4 is 20.5 Å². The van der Waals surface area contributed by atoms with Crippen molar-refractivity contribution in [1.29, 1.82) is 0 Å². The van der Waals surface area contributed by atoms with Crippen molar-refractivity contribution in [2.45, 2.75) is 78.2 Å². The van der Waals surface area contributed by atoms with Crippen LogP contribution in [0.4, 0.5) is 13.2 Å². The summed E-state index contributed by atoms with van der Waals surface area (Å²) < 4.78 is 55.0. The molecule has 0 saturated heterocycles. The van der Waals surface area contributed by atoms with Gasteiger partial charge in [0.05, 0.1) is 25.4 Å². The third-order valence-corrected chi connectivity index (χ3v) is 7.87. The fourth-order valence-electron chi connectivity index (χ4n) is 5.00. The second-order valence-electron chi connectivity index (χ2n) is 11.9. The topological polar surface area (TPSA) is 103 Å². The summed E-state index contributed by atoms with van der Waals surface area (Å²) in [5, 5.41) is 13.9. The number of hydrogen-bond donors (Lipinski definition) is 3. The third kappa shape index (κ3) is 12.0. The predicted octanol–water partition coefficient (Wildman–Crippen LogP) is 6.00. The van der Waals surface area contributed by atoms with Crippen LogP contribution >= 0.6 is 0 Å². The number of carbonyl (C=O) groups is 1. The summed E-state index contributed by atoms with van der Waals surface area (Å²) in [6.07, 6.45) is -3.07. The number of alkyl halides is 3. The van der Waals surface area contributed by atoms with Gasteiger partial charge in [0, 0.05) is 38.6 Å². The number of aliphatic hydroxyl groups is 1. The van der Waals surface area contributed by atoms with Gasteiger partial charge in [-0.25, -0.2) is 0 Å². The normalized spacial score (nSPS) is 14.8. The van der Waals surface area contributed by atoms with E-state index in [1.165, 1.54) is 12.1 Å². The molecule has 4 N–H and O–H groups in total. The van der Waals surface area contributed by atoms with E-state index in [2.05, 4.69) is 19.2 Å². The number of ether oxygens (including phenoxy) is 3. The first kappa shape index (κ1) is 36.4. The Labute approximate surface area is 254 Å². The van der Waals surface area contributed by atoms with Crippen molar-refractivity contribution in [2.75, 3.05) is 27.4 Å². The Bertz CT molecular complexity index is 1110. The molecule has 4 atom stereocenters. The lowest BCUT2D eigenvalue weighted by atomic mass is 9.81. The molecule has 2 rings (SSSR count). The molecular formula is C33H49F3N2O5. The van der Waals surface area contributed by atoms with E-state index < -0.39 is 29.8 Å². The molecule has 10 heteroatoms. The van der Waals surface area contributed by atoms with Crippen LogP contribution in [0.3, 0.4) is 0 Å². The van der Waals surface area contributed by atoms with E-state index in [1.807, 2.05) is 32.0 Å². The highest BCUT2D eigenvalue weighted by Crippen LogP contribution is 2.32. The zero-order valence-corrected chi connectivity index (χ0v) is 26.2. The molecule has 0 spiro atoms. The maximum absolute atomic E-state index is 13.0. The Hall–Kier alpha value is -2.82. The summed E-state index contributed by atoms with van der Waals surface area (Å²) in [4.78, 5) is 13.0. The molecule has 1 amide bonds. The average molecular weight is 611 g/mol. The van der Waals surface area contributed by atoms with Gasteiger partial charge in [0.15, 0.2) is 11.5 Å². The van der Waals surface area contributed by atoms with E-state index in [9.17, 15) is 23.1 Å². The maximum Gasteiger partial charge on any atom is 0.416 e. The van der Waals surface area contributed by atoms with Crippen molar-refractivity contribution < 1.29 is 37.3 Å². The summed E-state index contributed by atoms with van der Waals surface area (Å²) in [6.45, 7) is 9.26. The number of halogens is 3. The Morgan fingerprint density at radius 1 is 0.930 bits per heavy atom. The van der Waals surface area contributed by atoms with Gasteiger partial charge in [-0.1, -0.05) is 45.9 Å². The number of carbonyl (C=O) groups excluding carboxylic acids is 1. The van der Waals surface area contributed by atoms with Gasteiger partial charge in [0.1, 0.15) is 0 Å². The van der Waals surface area contributed by atoms with Crippen LogP contribution in [0.2, 0.25) is 0 Å². The standard InChI is InChI=1S/C33H49F3N2O5/c1-21(2)25(16-24-10-13-30(42-6)31(17-24)43-15-7-14-41-5)18-28(37)29(39)19-27(22(3)4)32(40)38-20-23-8-11-26(12-9-23)33(34,35)36/h8-13,17,21-22,25,27-29,39H,7,14-16,18-20,37H2,1-6H3,(H,38,40)/t25-,27-,28-,29-/m0/s1. The second-order valence-corrected chi connectivity index (χ2v) is 11.9. The summed E-state index contributed by atoms with van der Waals surface area (Å²) >= 11 is 0. The molecule has 0 heterocycles. The lowest BCUT2D eigenvalue weighted by molar-refractivity contribution is -0.137. The molecule has 43 heavy (non-hydrogen) atoms. The number of aliphatic hydroxyl groups excluding tert-OH is 1. The van der Waals surface area contributed by atoms with Crippen molar-refractivity contribution in [1.82, 2.24) is 5.32 Å². The molecule has 0 aliphatic carbocycles. The number of methoxy groups -OCH3 is 2. The summed E-state index contributed by atoms with van der Waals surface area (Å²) in [5.41, 5.74) is 7.41. The quantitative estimate of drug-likeness (QED) is 0.179. The molecule has 0 aliphatic rings. The third-order valence-electron chi connectivity index (χ3n) is 7.87. The molecule has 2 aromatic carbocycles. The van der Waals surface area contributed by atoms with Crippen molar-refractivity contribution in [3.63, 3.8) is 0 Å². The van der Waals surface area contributed by atoms with Crippen LogP contribution in [0.25, 0.3) is 0 Å². The molecule has 0 radical (unpaired) electrons. The van der Waals surface area contributed by atoms with Crippen LogP contribution in [-0.2, 0) is 28.7 Å². The van der Waals surface area contributed by atoms with E-state index in [0.717, 1.165) is 30.5 Å². The van der Waals surface area contributed by atoms with Crippen molar-refractivity contribution in [3.05, 3.63) is 59.2 Å². The first-order valence-corrected chi connectivity index (χ1v) is 14.9. The fraction of sp³-hybridized carbons (Fsp3) is 0.606. The first-order valence-electron chi connectivity index (χ1n) is 14.9. The van der Waals surface area contributed by atoms with Gasteiger partial charge in [-0.3, -0.25) is 4.79 Å². The SMILES string of the molecule is COCCCOc1cc(C[C@@H](C[C@H](N)[C@@H](O)C[C@H](C(=O)NCc2ccc(C(F)(F)F)cc2)C(C)C)C(C)C)ccc1OC. The van der Waals surface area contributed by atoms with Crippen LogP contribution in [-0.4, -0.2) is 50.6 Å². The van der Waals surface area contributed by atoms with Crippen molar-refractivity contribution in [3.8, 4) is 11.5 Å². The van der Waals surface area contributed by atoms with Crippen LogP contribution in [0.15, 0.2) is 42.5 Å². The van der Waals surface area contributed by atoms with Crippen LogP contribution in [0.1, 0.15) is 63.6 Å². The van der Waals surface area contributed by atoms with E-state index >= 15 is 0 Å². The lowest BCUT2D eigenvalue weighted by Crippen LogP contribution is -2.42. The van der Waals surface area contributed by atoms with Crippen molar-refractivity contribution >= 4 is 5.91 Å². The Morgan fingerprint density at radius 2 is 1.58 bits per heavy atom. The minimum absolute atomic E-state index is 0.0723. The molecule has 0 fully saturated rings. The Morgan fingerprint density at radius 3 is 2.14 bits per heavy atom. The second kappa shape index (κ2) is 17.5. The van der Waals surface area contributed by atoms with E-state index in [4.69, 9.17) is 19.9 Å². The highest BCUT2D eigenvalue weighted by atomic mass is 19.4. The van der Waals surface area contributed by atoms with E-state index in [0.29, 0.717) is 42.6 Å². The molecule has 242 valence electrons. The Balaban J connectivity index is 2.00. The minimum Gasteiger partial charge on any atom is -0.493 e. The van der Waals surface area contributed by atoms with Gasteiger partial charge in [-0.05, 0) is 72.4 Å². The lowest BCUT2D eigenvalue weighted by Gasteiger charge is -2.30. The molecule has 0 bridgehead atoms. The molecule has 0 unspecified atom stereocenters. The number of amides is 1. The van der Waals surface area contributed by atoms with Gasteiger partial charge in [0.2, 0.25) is 5.91 Å².